The molecule has 1 saturated heterocycles. The highest BCUT2D eigenvalue weighted by Gasteiger charge is 2.35. The molecule has 0 bridgehead atoms. The first kappa shape index (κ1) is 17.1. The highest BCUT2D eigenvalue weighted by atomic mass is 19.1. The minimum absolute atomic E-state index is 0.0867. The lowest BCUT2D eigenvalue weighted by atomic mass is 10.1. The van der Waals surface area contributed by atoms with Crippen molar-refractivity contribution in [2.45, 2.75) is 26.3 Å². The van der Waals surface area contributed by atoms with Gasteiger partial charge in [0, 0.05) is 13.1 Å². The van der Waals surface area contributed by atoms with Gasteiger partial charge >= 0.3 is 0 Å². The molecule has 0 aromatic heterocycles. The van der Waals surface area contributed by atoms with Crippen LogP contribution in [0.1, 0.15) is 18.1 Å². The highest BCUT2D eigenvalue weighted by Crippen LogP contribution is 2.25. The maximum absolute atomic E-state index is 14.1. The van der Waals surface area contributed by atoms with Gasteiger partial charge in [0.05, 0.1) is 12.1 Å². The lowest BCUT2D eigenvalue weighted by molar-refractivity contribution is -0.140. The summed E-state index contributed by atoms with van der Waals surface area (Å²) < 4.78 is 14.1. The van der Waals surface area contributed by atoms with E-state index in [-0.39, 0.29) is 23.9 Å². The number of hydrogen-bond donors (Lipinski definition) is 0. The van der Waals surface area contributed by atoms with Gasteiger partial charge < -0.3 is 9.80 Å². The average Bonchev–Trinajstić information content (AvgIpc) is 2.60. The first-order valence-electron chi connectivity index (χ1n) is 8.38. The summed E-state index contributed by atoms with van der Waals surface area (Å²) in [5.41, 5.74) is 2.09. The SMILES string of the molecule is Cc1ccc(F)c(N2CCN(C(=O)Cc3ccccc3)C(C)C2=O)c1. The first-order chi connectivity index (χ1) is 12.0. The highest BCUT2D eigenvalue weighted by molar-refractivity contribution is 6.00. The number of nitrogens with zero attached hydrogens (tertiary/aromatic N) is 2. The van der Waals surface area contributed by atoms with Gasteiger partial charge in [0.15, 0.2) is 0 Å². The molecule has 1 fully saturated rings. The Kier molecular flexibility index (Phi) is 4.83. The lowest BCUT2D eigenvalue weighted by Crippen LogP contribution is -2.58. The van der Waals surface area contributed by atoms with E-state index in [9.17, 15) is 14.0 Å². The van der Waals surface area contributed by atoms with E-state index in [0.717, 1.165) is 11.1 Å². The summed E-state index contributed by atoms with van der Waals surface area (Å²) in [5.74, 6) is -0.760. The Morgan fingerprint density at radius 3 is 2.60 bits per heavy atom. The van der Waals surface area contributed by atoms with Crippen molar-refractivity contribution < 1.29 is 14.0 Å². The number of carbonyl (C=O) groups is 2. The topological polar surface area (TPSA) is 40.6 Å². The third-order valence-corrected chi connectivity index (χ3v) is 4.57. The number of benzene rings is 2. The monoisotopic (exact) mass is 340 g/mol. The largest absolute Gasteiger partial charge is 0.329 e. The molecular formula is C20H21FN2O2. The zero-order valence-corrected chi connectivity index (χ0v) is 14.4. The fourth-order valence-electron chi connectivity index (χ4n) is 3.15. The van der Waals surface area contributed by atoms with E-state index in [2.05, 4.69) is 0 Å². The van der Waals surface area contributed by atoms with E-state index < -0.39 is 11.9 Å². The van der Waals surface area contributed by atoms with E-state index in [1.54, 1.807) is 24.0 Å². The van der Waals surface area contributed by atoms with Crippen molar-refractivity contribution >= 4 is 17.5 Å². The van der Waals surface area contributed by atoms with Crippen molar-refractivity contribution in [1.29, 1.82) is 0 Å². The van der Waals surface area contributed by atoms with Crippen LogP contribution in [0.3, 0.4) is 0 Å². The van der Waals surface area contributed by atoms with Crippen LogP contribution in [0.4, 0.5) is 10.1 Å². The summed E-state index contributed by atoms with van der Waals surface area (Å²) in [4.78, 5) is 28.3. The van der Waals surface area contributed by atoms with Crippen LogP contribution in [0.5, 0.6) is 0 Å². The van der Waals surface area contributed by atoms with Crippen molar-refractivity contribution in [3.05, 3.63) is 65.5 Å². The van der Waals surface area contributed by atoms with Crippen molar-refractivity contribution in [1.82, 2.24) is 4.90 Å². The number of rotatable bonds is 3. The van der Waals surface area contributed by atoms with Crippen molar-refractivity contribution in [3.8, 4) is 0 Å². The number of carbonyl (C=O) groups excluding carboxylic acids is 2. The van der Waals surface area contributed by atoms with Crippen LogP contribution in [-0.4, -0.2) is 35.8 Å². The summed E-state index contributed by atoms with van der Waals surface area (Å²) >= 11 is 0. The number of hydrogen-bond acceptors (Lipinski definition) is 2. The van der Waals surface area contributed by atoms with Crippen LogP contribution in [0, 0.1) is 12.7 Å². The molecule has 0 spiro atoms. The number of halogens is 1. The second kappa shape index (κ2) is 7.05. The number of anilines is 1. The average molecular weight is 340 g/mol. The molecule has 2 aromatic carbocycles. The fourth-order valence-corrected chi connectivity index (χ4v) is 3.15. The van der Waals surface area contributed by atoms with E-state index >= 15 is 0 Å². The number of aryl methyl sites for hydroxylation is 1. The van der Waals surface area contributed by atoms with Crippen LogP contribution < -0.4 is 4.90 Å². The summed E-state index contributed by atoms with van der Waals surface area (Å²) in [6, 6.07) is 13.6. The summed E-state index contributed by atoms with van der Waals surface area (Å²) in [7, 11) is 0. The molecule has 3 rings (SSSR count). The van der Waals surface area contributed by atoms with E-state index in [4.69, 9.17) is 0 Å². The minimum atomic E-state index is -0.607. The van der Waals surface area contributed by atoms with Crippen LogP contribution in [0.2, 0.25) is 0 Å². The molecule has 1 atom stereocenters. The maximum Gasteiger partial charge on any atom is 0.249 e. The Morgan fingerprint density at radius 1 is 1.16 bits per heavy atom. The van der Waals surface area contributed by atoms with Crippen LogP contribution in [0.15, 0.2) is 48.5 Å². The Labute approximate surface area is 146 Å². The van der Waals surface area contributed by atoms with E-state index in [1.165, 1.54) is 11.0 Å². The van der Waals surface area contributed by atoms with Gasteiger partial charge in [0.1, 0.15) is 11.9 Å². The third-order valence-electron chi connectivity index (χ3n) is 4.57. The zero-order valence-electron chi connectivity index (χ0n) is 14.4. The van der Waals surface area contributed by atoms with Gasteiger partial charge in [-0.25, -0.2) is 4.39 Å². The lowest BCUT2D eigenvalue weighted by Gasteiger charge is -2.39. The minimum Gasteiger partial charge on any atom is -0.329 e. The first-order valence-corrected chi connectivity index (χ1v) is 8.38. The predicted octanol–water partition coefficient (Wildman–Crippen LogP) is 2.94. The Balaban J connectivity index is 1.75. The molecule has 0 N–H and O–H groups in total. The zero-order chi connectivity index (χ0) is 18.0. The van der Waals surface area contributed by atoms with Gasteiger partial charge in [0.2, 0.25) is 11.8 Å². The Morgan fingerprint density at radius 2 is 1.88 bits per heavy atom. The molecule has 130 valence electrons. The van der Waals surface area contributed by atoms with Gasteiger partial charge in [-0.2, -0.15) is 0 Å². The molecule has 1 aliphatic heterocycles. The molecule has 4 nitrogen and oxygen atoms in total. The molecule has 1 heterocycles. The van der Waals surface area contributed by atoms with Crippen LogP contribution in [-0.2, 0) is 16.0 Å². The van der Waals surface area contributed by atoms with Gasteiger partial charge in [-0.1, -0.05) is 36.4 Å². The molecule has 1 aliphatic rings. The molecule has 25 heavy (non-hydrogen) atoms. The van der Waals surface area contributed by atoms with Crippen molar-refractivity contribution in [2.75, 3.05) is 18.0 Å². The molecule has 0 aliphatic carbocycles. The third kappa shape index (κ3) is 3.55. The fraction of sp³-hybridized carbons (Fsp3) is 0.300. The van der Waals surface area contributed by atoms with Crippen LogP contribution >= 0.6 is 0 Å². The molecule has 2 amide bonds. The summed E-state index contributed by atoms with van der Waals surface area (Å²) in [5, 5.41) is 0. The molecule has 1 unspecified atom stereocenters. The van der Waals surface area contributed by atoms with Crippen molar-refractivity contribution in [2.24, 2.45) is 0 Å². The van der Waals surface area contributed by atoms with Gasteiger partial charge in [0.25, 0.3) is 0 Å². The van der Waals surface area contributed by atoms with Crippen LogP contribution in [0.25, 0.3) is 0 Å². The maximum atomic E-state index is 14.1. The van der Waals surface area contributed by atoms with Crippen molar-refractivity contribution in [3.63, 3.8) is 0 Å². The quantitative estimate of drug-likeness (QED) is 0.862. The summed E-state index contributed by atoms with van der Waals surface area (Å²) in [6.07, 6.45) is 0.261. The summed E-state index contributed by atoms with van der Waals surface area (Å²) in [6.45, 7) is 4.25. The molecule has 2 aromatic rings. The molecule has 0 saturated carbocycles. The van der Waals surface area contributed by atoms with Gasteiger partial charge in [-0.3, -0.25) is 9.59 Å². The van der Waals surface area contributed by atoms with Gasteiger partial charge in [-0.05, 0) is 37.1 Å². The number of amides is 2. The molecule has 0 radical (unpaired) electrons. The Hall–Kier alpha value is -2.69. The molecule has 5 heteroatoms. The standard InChI is InChI=1S/C20H21FN2O2/c1-14-8-9-17(21)18(12-14)23-11-10-22(15(2)20(23)25)19(24)13-16-6-4-3-5-7-16/h3-9,12,15H,10-11,13H2,1-2H3. The van der Waals surface area contributed by atoms with Gasteiger partial charge in [-0.15, -0.1) is 0 Å². The molecular weight excluding hydrogens is 319 g/mol. The normalized spacial score (nSPS) is 17.7. The number of piperazine rings is 1. The Bertz CT molecular complexity index is 792. The smallest absolute Gasteiger partial charge is 0.249 e. The second-order valence-electron chi connectivity index (χ2n) is 6.37. The van der Waals surface area contributed by atoms with E-state index in [0.29, 0.717) is 13.1 Å². The predicted molar refractivity (Wildman–Crippen MR) is 94.8 cm³/mol. The van der Waals surface area contributed by atoms with E-state index in [1.807, 2.05) is 37.3 Å². The second-order valence-corrected chi connectivity index (χ2v) is 6.37.